The number of aliphatic hydroxyl groups is 1. The predicted octanol–water partition coefficient (Wildman–Crippen LogP) is 3.39. The summed E-state index contributed by atoms with van der Waals surface area (Å²) in [7, 11) is 1.35. The molecule has 0 unspecified atom stereocenters. The molecule has 0 amide bonds. The zero-order valence-corrected chi connectivity index (χ0v) is 12.6. The second kappa shape index (κ2) is 7.61. The van der Waals surface area contributed by atoms with Crippen LogP contribution in [0.15, 0.2) is 60.4 Å². The fourth-order valence-electron chi connectivity index (χ4n) is 2.10. The van der Waals surface area contributed by atoms with Crippen LogP contribution in [0.2, 0.25) is 0 Å². The quantitative estimate of drug-likeness (QED) is 0.869. The Labute approximate surface area is 130 Å². The van der Waals surface area contributed by atoms with Crippen LogP contribution in [0.25, 0.3) is 0 Å². The van der Waals surface area contributed by atoms with Gasteiger partial charge in [-0.15, -0.1) is 0 Å². The van der Waals surface area contributed by atoms with Gasteiger partial charge in [0.05, 0.1) is 18.8 Å². The highest BCUT2D eigenvalue weighted by Gasteiger charge is 2.11. The van der Waals surface area contributed by atoms with Crippen LogP contribution >= 0.6 is 0 Å². The van der Waals surface area contributed by atoms with Crippen molar-refractivity contribution >= 4 is 5.97 Å². The van der Waals surface area contributed by atoms with Crippen molar-refractivity contribution in [1.29, 1.82) is 0 Å². The summed E-state index contributed by atoms with van der Waals surface area (Å²) in [5, 5.41) is 9.74. The molecule has 0 heterocycles. The van der Waals surface area contributed by atoms with E-state index >= 15 is 0 Å². The fraction of sp³-hybridized carbons (Fsp3) is 0.278. The Morgan fingerprint density at radius 3 is 2.73 bits per heavy atom. The molecule has 1 atom stereocenters. The summed E-state index contributed by atoms with van der Waals surface area (Å²) in [5.74, 6) is 0.902. The van der Waals surface area contributed by atoms with Crippen molar-refractivity contribution in [2.24, 2.45) is 0 Å². The second-order valence-corrected chi connectivity index (χ2v) is 5.11. The van der Waals surface area contributed by atoms with E-state index in [9.17, 15) is 9.90 Å². The highest BCUT2D eigenvalue weighted by molar-refractivity contribution is 5.89. The van der Waals surface area contributed by atoms with Gasteiger partial charge in [0.1, 0.15) is 11.5 Å². The molecular weight excluding hydrogens is 280 g/mol. The Hall–Kier alpha value is -2.33. The van der Waals surface area contributed by atoms with E-state index in [-0.39, 0.29) is 12.1 Å². The molecule has 0 radical (unpaired) electrons. The van der Waals surface area contributed by atoms with Crippen LogP contribution < -0.4 is 4.74 Å². The van der Waals surface area contributed by atoms with Crippen molar-refractivity contribution in [2.75, 3.05) is 7.11 Å². The summed E-state index contributed by atoms with van der Waals surface area (Å²) in [5.41, 5.74) is 1.31. The molecule has 1 N–H and O–H groups in total. The molecule has 0 fully saturated rings. The summed E-state index contributed by atoms with van der Waals surface area (Å²) >= 11 is 0. The van der Waals surface area contributed by atoms with Crippen molar-refractivity contribution in [2.45, 2.75) is 25.4 Å². The van der Waals surface area contributed by atoms with Crippen LogP contribution in [-0.2, 0) is 4.74 Å². The minimum atomic E-state index is -0.380. The molecule has 1 aliphatic rings. The van der Waals surface area contributed by atoms with E-state index in [1.165, 1.54) is 7.11 Å². The zero-order valence-electron chi connectivity index (χ0n) is 12.6. The first-order chi connectivity index (χ1) is 10.6. The van der Waals surface area contributed by atoms with Gasteiger partial charge in [0, 0.05) is 0 Å². The lowest BCUT2D eigenvalue weighted by Crippen LogP contribution is -2.06. The van der Waals surface area contributed by atoms with Gasteiger partial charge in [0.2, 0.25) is 0 Å². The molecule has 0 bridgehead atoms. The standard InChI is InChI=1S/C18H20O4/c1-13-7-10-15(19)5-3-4-6-17(13)22-16-11-8-14(9-12-16)18(20)21-2/h3-4,6,8-9,11-12,15,19H,1,5,7,10H2,2H3/b4-3-,17-6?/t15-/m1/s1. The van der Waals surface area contributed by atoms with Gasteiger partial charge in [-0.1, -0.05) is 18.7 Å². The number of allylic oxidation sites excluding steroid dienone is 3. The van der Waals surface area contributed by atoms with E-state index < -0.39 is 0 Å². The third-order valence-electron chi connectivity index (χ3n) is 3.42. The summed E-state index contributed by atoms with van der Waals surface area (Å²) < 4.78 is 10.5. The molecule has 1 aromatic carbocycles. The minimum absolute atomic E-state index is 0.347. The van der Waals surface area contributed by atoms with E-state index in [0.29, 0.717) is 36.3 Å². The highest BCUT2D eigenvalue weighted by atomic mass is 16.5. The number of ether oxygens (including phenoxy) is 2. The summed E-state index contributed by atoms with van der Waals surface area (Å²) in [6.07, 6.45) is 7.23. The highest BCUT2D eigenvalue weighted by Crippen LogP contribution is 2.23. The van der Waals surface area contributed by atoms with Crippen LogP contribution in [0, 0.1) is 0 Å². The number of aliphatic hydroxyl groups excluding tert-OH is 1. The molecule has 0 saturated carbocycles. The molecule has 116 valence electrons. The second-order valence-electron chi connectivity index (χ2n) is 5.11. The lowest BCUT2D eigenvalue weighted by atomic mass is 10.1. The normalized spacial score (nSPS) is 20.2. The maximum Gasteiger partial charge on any atom is 0.337 e. The molecule has 4 heteroatoms. The first-order valence-corrected chi connectivity index (χ1v) is 7.19. The van der Waals surface area contributed by atoms with Gasteiger partial charge in [-0.3, -0.25) is 0 Å². The molecule has 4 nitrogen and oxygen atoms in total. The van der Waals surface area contributed by atoms with Gasteiger partial charge in [-0.25, -0.2) is 4.79 Å². The number of methoxy groups -OCH3 is 1. The molecule has 0 aliphatic heterocycles. The van der Waals surface area contributed by atoms with E-state index in [4.69, 9.17) is 4.74 Å². The summed E-state index contributed by atoms with van der Waals surface area (Å²) in [4.78, 5) is 11.4. The van der Waals surface area contributed by atoms with E-state index in [0.717, 1.165) is 5.57 Å². The van der Waals surface area contributed by atoms with Gasteiger partial charge in [0.15, 0.2) is 0 Å². The van der Waals surface area contributed by atoms with Crippen LogP contribution in [0.1, 0.15) is 29.6 Å². The molecule has 1 aliphatic carbocycles. The van der Waals surface area contributed by atoms with Gasteiger partial charge >= 0.3 is 5.97 Å². The molecular formula is C18H20O4. The minimum Gasteiger partial charge on any atom is -0.465 e. The number of esters is 1. The molecule has 0 saturated heterocycles. The molecule has 2 rings (SSSR count). The topological polar surface area (TPSA) is 55.8 Å². The monoisotopic (exact) mass is 300 g/mol. The first kappa shape index (κ1) is 16.0. The predicted molar refractivity (Wildman–Crippen MR) is 84.6 cm³/mol. The van der Waals surface area contributed by atoms with E-state index in [1.807, 2.05) is 18.2 Å². The van der Waals surface area contributed by atoms with E-state index in [1.54, 1.807) is 24.3 Å². The summed E-state index contributed by atoms with van der Waals surface area (Å²) in [6, 6.07) is 6.73. The van der Waals surface area contributed by atoms with Gasteiger partial charge in [-0.2, -0.15) is 0 Å². The Balaban J connectivity index is 2.10. The Kier molecular flexibility index (Phi) is 5.55. The largest absolute Gasteiger partial charge is 0.465 e. The van der Waals surface area contributed by atoms with Gasteiger partial charge in [0.25, 0.3) is 0 Å². The van der Waals surface area contributed by atoms with Crippen LogP contribution in [0.5, 0.6) is 5.75 Å². The van der Waals surface area contributed by atoms with Gasteiger partial charge in [-0.05, 0) is 55.2 Å². The Morgan fingerprint density at radius 1 is 1.32 bits per heavy atom. The number of hydrogen-bond donors (Lipinski definition) is 1. The average Bonchev–Trinajstić information content (AvgIpc) is 2.61. The van der Waals surface area contributed by atoms with E-state index in [2.05, 4.69) is 11.3 Å². The third-order valence-corrected chi connectivity index (χ3v) is 3.42. The number of rotatable bonds is 3. The Bertz CT molecular complexity index is 596. The van der Waals surface area contributed by atoms with Crippen molar-refractivity contribution < 1.29 is 19.4 Å². The molecule has 0 spiro atoms. The Morgan fingerprint density at radius 2 is 2.05 bits per heavy atom. The lowest BCUT2D eigenvalue weighted by Gasteiger charge is -2.13. The molecule has 1 aromatic rings. The maximum absolute atomic E-state index is 11.4. The van der Waals surface area contributed by atoms with Crippen molar-refractivity contribution in [3.63, 3.8) is 0 Å². The fourth-order valence-corrected chi connectivity index (χ4v) is 2.10. The maximum atomic E-state index is 11.4. The number of carbonyl (C=O) groups excluding carboxylic acids is 1. The van der Waals surface area contributed by atoms with Crippen LogP contribution in [-0.4, -0.2) is 24.3 Å². The zero-order chi connectivity index (χ0) is 15.9. The number of benzene rings is 1. The van der Waals surface area contributed by atoms with Crippen molar-refractivity contribution in [1.82, 2.24) is 0 Å². The van der Waals surface area contributed by atoms with Gasteiger partial charge < -0.3 is 14.6 Å². The summed E-state index contributed by atoms with van der Waals surface area (Å²) in [6.45, 7) is 4.02. The lowest BCUT2D eigenvalue weighted by molar-refractivity contribution is 0.0600. The first-order valence-electron chi connectivity index (χ1n) is 7.19. The SMILES string of the molecule is C=C1CC[C@H](O)C/C=C\C=C1Oc1ccc(C(=O)OC)cc1. The number of carbonyl (C=O) groups is 1. The van der Waals surface area contributed by atoms with Crippen molar-refractivity contribution in [3.05, 3.63) is 66.0 Å². The third kappa shape index (κ3) is 4.33. The molecule has 22 heavy (non-hydrogen) atoms. The van der Waals surface area contributed by atoms with Crippen LogP contribution in [0.3, 0.4) is 0 Å². The molecule has 0 aromatic heterocycles. The number of hydrogen-bond acceptors (Lipinski definition) is 4. The van der Waals surface area contributed by atoms with Crippen molar-refractivity contribution in [3.8, 4) is 5.75 Å². The van der Waals surface area contributed by atoms with Crippen LogP contribution in [0.4, 0.5) is 0 Å². The smallest absolute Gasteiger partial charge is 0.337 e. The average molecular weight is 300 g/mol.